The van der Waals surface area contributed by atoms with E-state index in [-0.39, 0.29) is 5.54 Å². The van der Waals surface area contributed by atoms with Crippen LogP contribution in [0.4, 0.5) is 0 Å². The number of aromatic amines is 1. The fourth-order valence-corrected chi connectivity index (χ4v) is 1.96. The molecule has 0 aliphatic carbocycles. The summed E-state index contributed by atoms with van der Waals surface area (Å²) in [7, 11) is 3.31. The molecule has 2 rings (SSSR count). The highest BCUT2D eigenvalue weighted by atomic mass is 16.5. The molecule has 0 fully saturated rings. The van der Waals surface area contributed by atoms with Crippen LogP contribution in [0.25, 0.3) is 11.3 Å². The number of imidazole rings is 1. The van der Waals surface area contributed by atoms with Crippen molar-refractivity contribution in [2.45, 2.75) is 32.9 Å². The quantitative estimate of drug-likeness (QED) is 0.888. The van der Waals surface area contributed by atoms with Gasteiger partial charge in [0, 0.05) is 11.1 Å². The number of H-pyrrole nitrogens is 1. The first-order valence-corrected chi connectivity index (χ1v) is 6.94. The largest absolute Gasteiger partial charge is 0.497 e. The second kappa shape index (κ2) is 6.18. The van der Waals surface area contributed by atoms with E-state index < -0.39 is 0 Å². The first-order chi connectivity index (χ1) is 9.93. The average molecular weight is 289 g/mol. The number of hydrogen-bond donors (Lipinski definition) is 2. The van der Waals surface area contributed by atoms with E-state index >= 15 is 0 Å². The fraction of sp³-hybridized carbons (Fsp3) is 0.438. The Hall–Kier alpha value is -2.01. The molecule has 0 spiro atoms. The van der Waals surface area contributed by atoms with Crippen LogP contribution in [0.1, 0.15) is 26.6 Å². The summed E-state index contributed by atoms with van der Waals surface area (Å²) in [5.41, 5.74) is 1.91. The van der Waals surface area contributed by atoms with E-state index in [1.54, 1.807) is 14.2 Å². The maximum atomic E-state index is 5.40. The molecule has 0 aliphatic rings. The van der Waals surface area contributed by atoms with Gasteiger partial charge in [-0.25, -0.2) is 4.98 Å². The molecule has 2 aromatic rings. The molecule has 0 radical (unpaired) electrons. The SMILES string of the molecule is COc1ccc(OC)c(-c2cnc(CNC(C)(C)C)[nH]2)c1. The summed E-state index contributed by atoms with van der Waals surface area (Å²) in [5, 5.41) is 3.40. The van der Waals surface area contributed by atoms with Gasteiger partial charge in [0.2, 0.25) is 0 Å². The molecular weight excluding hydrogens is 266 g/mol. The molecule has 114 valence electrons. The maximum absolute atomic E-state index is 5.40. The number of rotatable bonds is 5. The number of hydrogen-bond acceptors (Lipinski definition) is 4. The minimum atomic E-state index is 0.0562. The fourth-order valence-electron chi connectivity index (χ4n) is 1.96. The summed E-state index contributed by atoms with van der Waals surface area (Å²) in [6, 6.07) is 5.70. The molecule has 21 heavy (non-hydrogen) atoms. The predicted octanol–water partition coefficient (Wildman–Crippen LogP) is 2.98. The maximum Gasteiger partial charge on any atom is 0.128 e. The van der Waals surface area contributed by atoms with Crippen LogP contribution >= 0.6 is 0 Å². The Labute approximate surface area is 125 Å². The van der Waals surface area contributed by atoms with Crippen LogP contribution in [-0.2, 0) is 6.54 Å². The van der Waals surface area contributed by atoms with Crippen molar-refractivity contribution in [2.75, 3.05) is 14.2 Å². The summed E-state index contributed by atoms with van der Waals surface area (Å²) in [6.07, 6.45) is 1.82. The first kappa shape index (κ1) is 15.4. The van der Waals surface area contributed by atoms with Gasteiger partial charge in [0.15, 0.2) is 0 Å². The van der Waals surface area contributed by atoms with Gasteiger partial charge in [-0.05, 0) is 39.0 Å². The van der Waals surface area contributed by atoms with E-state index in [4.69, 9.17) is 9.47 Å². The van der Waals surface area contributed by atoms with Crippen molar-refractivity contribution in [3.8, 4) is 22.8 Å². The van der Waals surface area contributed by atoms with E-state index in [9.17, 15) is 0 Å². The Morgan fingerprint density at radius 1 is 1.19 bits per heavy atom. The van der Waals surface area contributed by atoms with Gasteiger partial charge in [-0.15, -0.1) is 0 Å². The van der Waals surface area contributed by atoms with Gasteiger partial charge in [-0.3, -0.25) is 0 Å². The standard InChI is InChI=1S/C16H23N3O2/c1-16(2,3)18-10-15-17-9-13(19-15)12-8-11(20-4)6-7-14(12)21-5/h6-9,18H,10H2,1-5H3,(H,17,19). The highest BCUT2D eigenvalue weighted by molar-refractivity contribution is 5.68. The normalized spacial score (nSPS) is 11.5. The molecule has 0 bridgehead atoms. The topological polar surface area (TPSA) is 59.2 Å². The van der Waals surface area contributed by atoms with Gasteiger partial charge in [0.25, 0.3) is 0 Å². The molecule has 5 heteroatoms. The van der Waals surface area contributed by atoms with E-state index in [0.717, 1.165) is 28.6 Å². The van der Waals surface area contributed by atoms with Crippen LogP contribution in [-0.4, -0.2) is 29.7 Å². The average Bonchev–Trinajstić information content (AvgIpc) is 2.92. The van der Waals surface area contributed by atoms with Gasteiger partial charge in [-0.2, -0.15) is 0 Å². The van der Waals surface area contributed by atoms with Crippen molar-refractivity contribution in [2.24, 2.45) is 0 Å². The zero-order valence-electron chi connectivity index (χ0n) is 13.3. The number of methoxy groups -OCH3 is 2. The lowest BCUT2D eigenvalue weighted by Gasteiger charge is -2.19. The lowest BCUT2D eigenvalue weighted by molar-refractivity contribution is 0.404. The number of benzene rings is 1. The van der Waals surface area contributed by atoms with Crippen LogP contribution in [0.5, 0.6) is 11.5 Å². The Morgan fingerprint density at radius 2 is 1.95 bits per heavy atom. The van der Waals surface area contributed by atoms with E-state index in [0.29, 0.717) is 6.54 Å². The second-order valence-electron chi connectivity index (χ2n) is 5.91. The van der Waals surface area contributed by atoms with Crippen molar-refractivity contribution in [3.05, 3.63) is 30.2 Å². The molecule has 0 atom stereocenters. The number of nitrogens with one attached hydrogen (secondary N) is 2. The van der Waals surface area contributed by atoms with Gasteiger partial charge in [0.05, 0.1) is 32.7 Å². The molecular formula is C16H23N3O2. The summed E-state index contributed by atoms with van der Waals surface area (Å²) < 4.78 is 10.7. The monoisotopic (exact) mass is 289 g/mol. The lowest BCUT2D eigenvalue weighted by Crippen LogP contribution is -2.35. The zero-order valence-corrected chi connectivity index (χ0v) is 13.3. The Morgan fingerprint density at radius 3 is 2.57 bits per heavy atom. The third-order valence-electron chi connectivity index (χ3n) is 3.11. The van der Waals surface area contributed by atoms with Crippen molar-refractivity contribution in [3.63, 3.8) is 0 Å². The molecule has 1 aromatic carbocycles. The summed E-state index contributed by atoms with van der Waals surface area (Å²) in [6.45, 7) is 7.07. The molecule has 0 unspecified atom stereocenters. The van der Waals surface area contributed by atoms with Crippen LogP contribution < -0.4 is 14.8 Å². The zero-order chi connectivity index (χ0) is 15.5. The second-order valence-corrected chi connectivity index (χ2v) is 5.91. The number of ether oxygens (including phenoxy) is 2. The first-order valence-electron chi connectivity index (χ1n) is 6.94. The van der Waals surface area contributed by atoms with Crippen molar-refractivity contribution < 1.29 is 9.47 Å². The molecule has 5 nitrogen and oxygen atoms in total. The lowest BCUT2D eigenvalue weighted by atomic mass is 10.1. The van der Waals surface area contributed by atoms with Gasteiger partial charge in [0.1, 0.15) is 17.3 Å². The minimum absolute atomic E-state index is 0.0562. The van der Waals surface area contributed by atoms with Crippen molar-refractivity contribution >= 4 is 0 Å². The van der Waals surface area contributed by atoms with E-state index in [1.165, 1.54) is 0 Å². The van der Waals surface area contributed by atoms with Crippen LogP contribution in [0.3, 0.4) is 0 Å². The van der Waals surface area contributed by atoms with Gasteiger partial charge < -0.3 is 19.8 Å². The van der Waals surface area contributed by atoms with E-state index in [1.807, 2.05) is 24.4 Å². The summed E-state index contributed by atoms with van der Waals surface area (Å²) in [4.78, 5) is 7.73. The Bertz CT molecular complexity index is 600. The van der Waals surface area contributed by atoms with Crippen LogP contribution in [0.2, 0.25) is 0 Å². The third kappa shape index (κ3) is 3.98. The predicted molar refractivity (Wildman–Crippen MR) is 83.7 cm³/mol. The summed E-state index contributed by atoms with van der Waals surface area (Å²) in [5.74, 6) is 2.47. The van der Waals surface area contributed by atoms with Gasteiger partial charge in [-0.1, -0.05) is 0 Å². The molecule has 1 heterocycles. The molecule has 0 amide bonds. The number of aromatic nitrogens is 2. The smallest absolute Gasteiger partial charge is 0.128 e. The van der Waals surface area contributed by atoms with E-state index in [2.05, 4.69) is 36.1 Å². The molecule has 0 saturated heterocycles. The third-order valence-corrected chi connectivity index (χ3v) is 3.11. The van der Waals surface area contributed by atoms with Crippen molar-refractivity contribution in [1.82, 2.24) is 15.3 Å². The minimum Gasteiger partial charge on any atom is -0.497 e. The Balaban J connectivity index is 2.24. The highest BCUT2D eigenvalue weighted by Crippen LogP contribution is 2.32. The molecule has 0 saturated carbocycles. The summed E-state index contributed by atoms with van der Waals surface area (Å²) >= 11 is 0. The Kier molecular flexibility index (Phi) is 4.53. The molecule has 0 aliphatic heterocycles. The highest BCUT2D eigenvalue weighted by Gasteiger charge is 2.13. The van der Waals surface area contributed by atoms with Crippen LogP contribution in [0, 0.1) is 0 Å². The number of nitrogens with zero attached hydrogens (tertiary/aromatic N) is 1. The van der Waals surface area contributed by atoms with Gasteiger partial charge >= 0.3 is 0 Å². The van der Waals surface area contributed by atoms with Crippen molar-refractivity contribution in [1.29, 1.82) is 0 Å². The van der Waals surface area contributed by atoms with Crippen LogP contribution in [0.15, 0.2) is 24.4 Å². The molecule has 2 N–H and O–H groups in total. The molecule has 1 aromatic heterocycles.